The number of aryl methyl sites for hydroxylation is 1. The molecule has 1 aliphatic rings. The van der Waals surface area contributed by atoms with Crippen LogP contribution in [0.2, 0.25) is 0 Å². The number of hydrogen-bond acceptors (Lipinski definition) is 5. The van der Waals surface area contributed by atoms with Crippen LogP contribution in [-0.4, -0.2) is 45.8 Å². The summed E-state index contributed by atoms with van der Waals surface area (Å²) in [4.78, 5) is 6.84. The molecule has 0 N–H and O–H groups in total. The summed E-state index contributed by atoms with van der Waals surface area (Å²) in [6.07, 6.45) is 8.38. The van der Waals surface area contributed by atoms with Crippen LogP contribution in [0, 0.1) is 11.8 Å². The van der Waals surface area contributed by atoms with Gasteiger partial charge in [-0.2, -0.15) is 0 Å². The first-order valence-electron chi connectivity index (χ1n) is 10.7. The van der Waals surface area contributed by atoms with E-state index in [9.17, 15) is 0 Å². The Balaban J connectivity index is 1.26. The summed E-state index contributed by atoms with van der Waals surface area (Å²) in [5.74, 6) is 8.64. The van der Waals surface area contributed by atoms with E-state index >= 15 is 0 Å². The maximum atomic E-state index is 5.84. The van der Waals surface area contributed by atoms with Gasteiger partial charge in [0.25, 0.3) is 0 Å². The standard InChI is InChI=1S/C24H28N4O2/c1-2-24-25-12-16-28(24)19-21-18-23(30-26-21)11-8-20-6-9-22(10-7-20)29-17-5-15-27-13-3-4-14-27/h6-7,9-10,12,16,18H,2-5,13-15,17,19H2,1H3. The zero-order chi connectivity index (χ0) is 20.6. The molecule has 3 aromatic rings. The molecule has 6 nitrogen and oxygen atoms in total. The van der Waals surface area contributed by atoms with E-state index in [1.807, 2.05) is 36.5 Å². The molecular formula is C24H28N4O2. The highest BCUT2D eigenvalue weighted by atomic mass is 16.5. The Hall–Kier alpha value is -3.04. The summed E-state index contributed by atoms with van der Waals surface area (Å²) in [6.45, 7) is 7.08. The first-order valence-corrected chi connectivity index (χ1v) is 10.7. The number of rotatable bonds is 8. The summed E-state index contributed by atoms with van der Waals surface area (Å²) in [5, 5.41) is 4.11. The number of imidazole rings is 1. The Bertz CT molecular complexity index is 988. The van der Waals surface area contributed by atoms with Crippen LogP contribution < -0.4 is 4.74 Å². The second-order valence-corrected chi connectivity index (χ2v) is 7.53. The lowest BCUT2D eigenvalue weighted by atomic mass is 10.2. The highest BCUT2D eigenvalue weighted by Crippen LogP contribution is 2.13. The third-order valence-electron chi connectivity index (χ3n) is 5.28. The van der Waals surface area contributed by atoms with Crippen molar-refractivity contribution in [2.75, 3.05) is 26.2 Å². The minimum Gasteiger partial charge on any atom is -0.494 e. The van der Waals surface area contributed by atoms with Gasteiger partial charge in [0.05, 0.1) is 13.2 Å². The van der Waals surface area contributed by atoms with Crippen molar-refractivity contribution in [3.05, 3.63) is 65.6 Å². The van der Waals surface area contributed by atoms with Crippen molar-refractivity contribution in [2.45, 2.75) is 39.2 Å². The first kappa shape index (κ1) is 20.2. The van der Waals surface area contributed by atoms with Gasteiger partial charge in [-0.25, -0.2) is 4.98 Å². The van der Waals surface area contributed by atoms with Crippen molar-refractivity contribution >= 4 is 0 Å². The molecule has 0 atom stereocenters. The van der Waals surface area contributed by atoms with Gasteiger partial charge in [-0.15, -0.1) is 0 Å². The van der Waals surface area contributed by atoms with Crippen molar-refractivity contribution < 1.29 is 9.26 Å². The third-order valence-corrected chi connectivity index (χ3v) is 5.28. The molecule has 1 aromatic carbocycles. The number of hydrogen-bond donors (Lipinski definition) is 0. The highest BCUT2D eigenvalue weighted by molar-refractivity contribution is 5.41. The zero-order valence-electron chi connectivity index (χ0n) is 17.5. The van der Waals surface area contributed by atoms with Crippen molar-refractivity contribution in [1.29, 1.82) is 0 Å². The molecule has 156 valence electrons. The fourth-order valence-corrected chi connectivity index (χ4v) is 3.67. The van der Waals surface area contributed by atoms with E-state index in [2.05, 4.69) is 38.4 Å². The van der Waals surface area contributed by atoms with Gasteiger partial charge < -0.3 is 18.7 Å². The molecule has 0 unspecified atom stereocenters. The van der Waals surface area contributed by atoms with Crippen molar-refractivity contribution in [3.63, 3.8) is 0 Å². The lowest BCUT2D eigenvalue weighted by molar-refractivity contribution is 0.263. The van der Waals surface area contributed by atoms with E-state index in [-0.39, 0.29) is 0 Å². The first-order chi connectivity index (χ1) is 14.8. The predicted molar refractivity (Wildman–Crippen MR) is 115 cm³/mol. The lowest BCUT2D eigenvalue weighted by Crippen LogP contribution is -2.21. The van der Waals surface area contributed by atoms with Crippen molar-refractivity contribution in [2.24, 2.45) is 0 Å². The zero-order valence-corrected chi connectivity index (χ0v) is 17.5. The third kappa shape index (κ3) is 5.52. The minimum absolute atomic E-state index is 0.561. The highest BCUT2D eigenvalue weighted by Gasteiger charge is 2.10. The van der Waals surface area contributed by atoms with Gasteiger partial charge in [0.15, 0.2) is 0 Å². The second kappa shape index (κ2) is 10.1. The molecule has 1 saturated heterocycles. The minimum atomic E-state index is 0.561. The molecule has 0 bridgehead atoms. The molecule has 2 aromatic heterocycles. The molecule has 0 amide bonds. The molecule has 6 heteroatoms. The van der Waals surface area contributed by atoms with Crippen molar-refractivity contribution in [1.82, 2.24) is 19.6 Å². The summed E-state index contributed by atoms with van der Waals surface area (Å²) in [7, 11) is 0. The average Bonchev–Trinajstić information content (AvgIpc) is 3.53. The normalized spacial score (nSPS) is 13.9. The van der Waals surface area contributed by atoms with Gasteiger partial charge in [-0.3, -0.25) is 0 Å². The van der Waals surface area contributed by atoms with Crippen molar-refractivity contribution in [3.8, 4) is 17.6 Å². The summed E-state index contributed by atoms with van der Waals surface area (Å²) < 4.78 is 13.3. The fourth-order valence-electron chi connectivity index (χ4n) is 3.67. The monoisotopic (exact) mass is 404 g/mol. The summed E-state index contributed by atoms with van der Waals surface area (Å²) >= 11 is 0. The van der Waals surface area contributed by atoms with Crippen LogP contribution in [0.25, 0.3) is 0 Å². The van der Waals surface area contributed by atoms with E-state index < -0.39 is 0 Å². The number of nitrogens with zero attached hydrogens (tertiary/aromatic N) is 4. The van der Waals surface area contributed by atoms with Crippen LogP contribution in [-0.2, 0) is 13.0 Å². The fraction of sp³-hybridized carbons (Fsp3) is 0.417. The Labute approximate surface area is 177 Å². The lowest BCUT2D eigenvalue weighted by Gasteiger charge is -2.14. The van der Waals surface area contributed by atoms with Gasteiger partial charge in [0.2, 0.25) is 5.76 Å². The van der Waals surface area contributed by atoms with E-state index in [0.29, 0.717) is 12.3 Å². The van der Waals surface area contributed by atoms with Gasteiger partial charge in [-0.1, -0.05) is 18.0 Å². The van der Waals surface area contributed by atoms with E-state index in [1.54, 1.807) is 6.20 Å². The summed E-state index contributed by atoms with van der Waals surface area (Å²) in [6, 6.07) is 9.76. The van der Waals surface area contributed by atoms with Gasteiger partial charge in [0.1, 0.15) is 17.3 Å². The number of likely N-dealkylation sites (tertiary alicyclic amines) is 1. The van der Waals surface area contributed by atoms with Gasteiger partial charge >= 0.3 is 0 Å². The predicted octanol–water partition coefficient (Wildman–Crippen LogP) is 3.75. The molecule has 4 rings (SSSR count). The number of aromatic nitrogens is 3. The molecule has 3 heterocycles. The second-order valence-electron chi connectivity index (χ2n) is 7.53. The van der Waals surface area contributed by atoms with Crippen LogP contribution in [0.5, 0.6) is 5.75 Å². The summed E-state index contributed by atoms with van der Waals surface area (Å²) in [5.41, 5.74) is 1.75. The van der Waals surface area contributed by atoms with Crippen LogP contribution in [0.1, 0.15) is 49.0 Å². The molecule has 0 radical (unpaired) electrons. The maximum Gasteiger partial charge on any atom is 0.210 e. The van der Waals surface area contributed by atoms with E-state index in [4.69, 9.17) is 9.26 Å². The maximum absolute atomic E-state index is 5.84. The molecule has 0 aliphatic carbocycles. The molecular weight excluding hydrogens is 376 g/mol. The van der Waals surface area contributed by atoms with Crippen LogP contribution >= 0.6 is 0 Å². The Kier molecular flexibility index (Phi) is 6.83. The van der Waals surface area contributed by atoms with E-state index in [0.717, 1.165) is 48.8 Å². The quantitative estimate of drug-likeness (QED) is 0.423. The number of ether oxygens (including phenoxy) is 1. The smallest absolute Gasteiger partial charge is 0.210 e. The topological polar surface area (TPSA) is 56.3 Å². The largest absolute Gasteiger partial charge is 0.494 e. The van der Waals surface area contributed by atoms with Gasteiger partial charge in [-0.05, 0) is 62.5 Å². The molecule has 0 spiro atoms. The molecule has 1 aliphatic heterocycles. The van der Waals surface area contributed by atoms with Crippen LogP contribution in [0.3, 0.4) is 0 Å². The Morgan fingerprint density at radius 1 is 1.13 bits per heavy atom. The van der Waals surface area contributed by atoms with E-state index in [1.165, 1.54) is 25.9 Å². The molecule has 0 saturated carbocycles. The Morgan fingerprint density at radius 2 is 1.97 bits per heavy atom. The van der Waals surface area contributed by atoms with Crippen LogP contribution in [0.4, 0.5) is 0 Å². The van der Waals surface area contributed by atoms with Crippen LogP contribution in [0.15, 0.2) is 47.2 Å². The number of benzene rings is 1. The molecule has 30 heavy (non-hydrogen) atoms. The average molecular weight is 405 g/mol. The molecule has 1 fully saturated rings. The van der Waals surface area contributed by atoms with Gasteiger partial charge in [0, 0.05) is 37.0 Å². The SMILES string of the molecule is CCc1nccn1Cc1cc(C#Cc2ccc(OCCCN3CCCC3)cc2)on1. The Morgan fingerprint density at radius 3 is 2.77 bits per heavy atom.